The van der Waals surface area contributed by atoms with E-state index in [1.54, 1.807) is 0 Å². The van der Waals surface area contributed by atoms with Crippen LogP contribution in [0.4, 0.5) is 14.9 Å². The van der Waals surface area contributed by atoms with Crippen molar-refractivity contribution in [1.29, 1.82) is 0 Å². The van der Waals surface area contributed by atoms with Gasteiger partial charge in [-0.25, -0.2) is 4.39 Å². The Morgan fingerprint density at radius 1 is 1.21 bits per heavy atom. The SMILES string of the molecule is Cc1cccc(NC2CCN(C(=O)[O-])C(C(C)(C)C)C2)c1Cc1ccc(F)cc1. The van der Waals surface area contributed by atoms with Gasteiger partial charge in [-0.05, 0) is 66.5 Å². The van der Waals surface area contributed by atoms with Crippen LogP contribution in [-0.4, -0.2) is 29.6 Å². The highest BCUT2D eigenvalue weighted by Gasteiger charge is 2.36. The summed E-state index contributed by atoms with van der Waals surface area (Å²) < 4.78 is 13.3. The van der Waals surface area contributed by atoms with Gasteiger partial charge >= 0.3 is 0 Å². The molecule has 3 rings (SSSR count). The summed E-state index contributed by atoms with van der Waals surface area (Å²) >= 11 is 0. The maximum atomic E-state index is 13.3. The summed E-state index contributed by atoms with van der Waals surface area (Å²) in [6.45, 7) is 8.77. The smallest absolute Gasteiger partial charge is 0.137 e. The van der Waals surface area contributed by atoms with Crippen LogP contribution >= 0.6 is 0 Å². The van der Waals surface area contributed by atoms with Gasteiger partial charge in [-0.15, -0.1) is 0 Å². The molecule has 2 unspecified atom stereocenters. The summed E-state index contributed by atoms with van der Waals surface area (Å²) in [4.78, 5) is 13.1. The Kier molecular flexibility index (Phi) is 6.15. The van der Waals surface area contributed by atoms with Gasteiger partial charge in [0.1, 0.15) is 11.9 Å². The number of benzene rings is 2. The lowest BCUT2D eigenvalue weighted by Gasteiger charge is -2.47. The molecule has 1 heterocycles. The van der Waals surface area contributed by atoms with Gasteiger partial charge in [0.05, 0.1) is 0 Å². The minimum Gasteiger partial charge on any atom is -0.530 e. The van der Waals surface area contributed by atoms with Crippen molar-refractivity contribution < 1.29 is 14.3 Å². The van der Waals surface area contributed by atoms with Crippen molar-refractivity contribution in [2.75, 3.05) is 11.9 Å². The van der Waals surface area contributed by atoms with Crippen molar-refractivity contribution in [3.63, 3.8) is 0 Å². The number of aryl methyl sites for hydroxylation is 1. The molecule has 0 spiro atoms. The van der Waals surface area contributed by atoms with Crippen LogP contribution in [0.1, 0.15) is 50.3 Å². The van der Waals surface area contributed by atoms with Crippen LogP contribution in [-0.2, 0) is 6.42 Å². The molecular formula is C24H30FN2O2-. The predicted octanol–water partition coefficient (Wildman–Crippen LogP) is 4.36. The number of carbonyl (C=O) groups is 1. The van der Waals surface area contributed by atoms with Gasteiger partial charge in [-0.2, -0.15) is 0 Å². The summed E-state index contributed by atoms with van der Waals surface area (Å²) in [6, 6.07) is 12.9. The molecule has 2 aromatic carbocycles. The Morgan fingerprint density at radius 2 is 1.90 bits per heavy atom. The van der Waals surface area contributed by atoms with Gasteiger partial charge in [-0.1, -0.05) is 45.0 Å². The van der Waals surface area contributed by atoms with Gasteiger partial charge in [-0.3, -0.25) is 0 Å². The maximum absolute atomic E-state index is 13.3. The first-order valence-corrected chi connectivity index (χ1v) is 10.2. The number of likely N-dealkylation sites (tertiary alicyclic amines) is 1. The zero-order chi connectivity index (χ0) is 21.2. The molecule has 0 bridgehead atoms. The molecule has 2 atom stereocenters. The molecule has 0 saturated carbocycles. The first kappa shape index (κ1) is 21.2. The van der Waals surface area contributed by atoms with E-state index < -0.39 is 6.09 Å². The van der Waals surface area contributed by atoms with Crippen LogP contribution in [0.15, 0.2) is 42.5 Å². The van der Waals surface area contributed by atoms with Gasteiger partial charge < -0.3 is 20.1 Å². The molecular weight excluding hydrogens is 367 g/mol. The number of nitrogens with one attached hydrogen (secondary N) is 1. The Balaban J connectivity index is 1.80. The number of nitrogens with zero attached hydrogens (tertiary/aromatic N) is 1. The van der Waals surface area contributed by atoms with E-state index in [0.29, 0.717) is 6.54 Å². The van der Waals surface area contributed by atoms with E-state index in [1.165, 1.54) is 28.2 Å². The number of anilines is 1. The van der Waals surface area contributed by atoms with E-state index in [0.717, 1.165) is 30.5 Å². The molecule has 5 heteroatoms. The summed E-state index contributed by atoms with van der Waals surface area (Å²) in [5, 5.41) is 15.2. The Labute approximate surface area is 172 Å². The van der Waals surface area contributed by atoms with Crippen LogP contribution in [0.2, 0.25) is 0 Å². The number of rotatable bonds is 4. The van der Waals surface area contributed by atoms with Crippen molar-refractivity contribution in [3.05, 3.63) is 65.0 Å². The van der Waals surface area contributed by atoms with Gasteiger partial charge in [0.25, 0.3) is 0 Å². The van der Waals surface area contributed by atoms with Gasteiger partial charge in [0.2, 0.25) is 0 Å². The lowest BCUT2D eigenvalue weighted by Crippen LogP contribution is -2.57. The van der Waals surface area contributed by atoms with Crippen LogP contribution in [0.3, 0.4) is 0 Å². The largest absolute Gasteiger partial charge is 0.530 e. The van der Waals surface area contributed by atoms with Gasteiger partial charge in [0.15, 0.2) is 0 Å². The number of halogens is 1. The molecule has 0 radical (unpaired) electrons. The zero-order valence-corrected chi connectivity index (χ0v) is 17.7. The minimum atomic E-state index is -1.09. The Bertz CT molecular complexity index is 858. The van der Waals surface area contributed by atoms with Crippen molar-refractivity contribution in [1.82, 2.24) is 4.90 Å². The molecule has 2 aromatic rings. The maximum Gasteiger partial charge on any atom is 0.137 e. The summed E-state index contributed by atoms with van der Waals surface area (Å²) in [5.41, 5.74) is 4.33. The summed E-state index contributed by atoms with van der Waals surface area (Å²) in [6.07, 6.45) is 1.11. The second kappa shape index (κ2) is 8.44. The van der Waals surface area contributed by atoms with Crippen LogP contribution in [0.25, 0.3) is 0 Å². The average Bonchev–Trinajstić information content (AvgIpc) is 2.65. The van der Waals surface area contributed by atoms with Crippen LogP contribution < -0.4 is 10.4 Å². The first-order valence-electron chi connectivity index (χ1n) is 10.2. The fourth-order valence-corrected chi connectivity index (χ4v) is 4.23. The highest BCUT2D eigenvalue weighted by atomic mass is 19.1. The van der Waals surface area contributed by atoms with Crippen molar-refractivity contribution in [2.45, 2.75) is 59.0 Å². The summed E-state index contributed by atoms with van der Waals surface area (Å²) in [7, 11) is 0. The highest BCUT2D eigenvalue weighted by Crippen LogP contribution is 2.34. The third-order valence-corrected chi connectivity index (χ3v) is 5.90. The normalized spacial score (nSPS) is 19.8. The number of carbonyl (C=O) groups excluding carboxylic acids is 1. The number of hydrogen-bond acceptors (Lipinski definition) is 3. The minimum absolute atomic E-state index is 0.0934. The molecule has 1 aliphatic heterocycles. The molecule has 1 amide bonds. The third-order valence-electron chi connectivity index (χ3n) is 5.90. The summed E-state index contributed by atoms with van der Waals surface area (Å²) in [5.74, 6) is -0.232. The number of piperidine rings is 1. The first-order chi connectivity index (χ1) is 13.6. The van der Waals surface area contributed by atoms with E-state index in [1.807, 2.05) is 18.2 Å². The quantitative estimate of drug-likeness (QED) is 0.834. The van der Waals surface area contributed by atoms with E-state index in [-0.39, 0.29) is 23.3 Å². The Morgan fingerprint density at radius 3 is 2.52 bits per heavy atom. The number of hydrogen-bond donors (Lipinski definition) is 1. The van der Waals surface area contributed by atoms with Crippen molar-refractivity contribution >= 4 is 11.8 Å². The molecule has 1 aliphatic rings. The fourth-order valence-electron chi connectivity index (χ4n) is 4.23. The van der Waals surface area contributed by atoms with E-state index >= 15 is 0 Å². The molecule has 0 aliphatic carbocycles. The van der Waals surface area contributed by atoms with Crippen molar-refractivity contribution in [2.24, 2.45) is 5.41 Å². The van der Waals surface area contributed by atoms with E-state index in [4.69, 9.17) is 0 Å². The molecule has 4 nitrogen and oxygen atoms in total. The Hall–Kier alpha value is -2.56. The second-order valence-electron chi connectivity index (χ2n) is 9.11. The molecule has 0 aromatic heterocycles. The highest BCUT2D eigenvalue weighted by molar-refractivity contribution is 5.63. The predicted molar refractivity (Wildman–Crippen MR) is 112 cm³/mol. The van der Waals surface area contributed by atoms with E-state index in [2.05, 4.69) is 45.1 Å². The standard InChI is InChI=1S/C24H31FN2O2/c1-16-6-5-7-21(20(16)14-17-8-10-18(25)11-9-17)26-19-12-13-27(23(28)29)22(15-19)24(2,3)4/h5-11,19,22,26H,12-15H2,1-4H3,(H,28,29)/p-1. The molecule has 1 saturated heterocycles. The van der Waals surface area contributed by atoms with Crippen LogP contribution in [0.5, 0.6) is 0 Å². The number of amides is 1. The molecule has 29 heavy (non-hydrogen) atoms. The zero-order valence-electron chi connectivity index (χ0n) is 17.7. The monoisotopic (exact) mass is 397 g/mol. The lowest BCUT2D eigenvalue weighted by atomic mass is 9.79. The third kappa shape index (κ3) is 5.08. The number of carboxylic acid groups (broad SMARTS) is 1. The second-order valence-corrected chi connectivity index (χ2v) is 9.11. The van der Waals surface area contributed by atoms with Gasteiger partial charge in [0, 0.05) is 24.3 Å². The lowest BCUT2D eigenvalue weighted by molar-refractivity contribution is -0.271. The van der Waals surface area contributed by atoms with Crippen LogP contribution in [0, 0.1) is 18.2 Å². The molecule has 1 N–H and O–H groups in total. The topological polar surface area (TPSA) is 55.4 Å². The van der Waals surface area contributed by atoms with Crippen molar-refractivity contribution in [3.8, 4) is 0 Å². The van der Waals surface area contributed by atoms with E-state index in [9.17, 15) is 14.3 Å². The molecule has 1 fully saturated rings. The average molecular weight is 398 g/mol. The molecule has 156 valence electrons. The fraction of sp³-hybridized carbons (Fsp3) is 0.458.